The molecule has 1 aromatic rings. The van der Waals surface area contributed by atoms with Crippen molar-refractivity contribution in [2.24, 2.45) is 0 Å². The van der Waals surface area contributed by atoms with Crippen molar-refractivity contribution >= 4 is 0 Å². The highest BCUT2D eigenvalue weighted by molar-refractivity contribution is 5.24. The lowest BCUT2D eigenvalue weighted by Crippen LogP contribution is -2.17. The lowest BCUT2D eigenvalue weighted by Gasteiger charge is -2.15. The smallest absolute Gasteiger partial charge is 0.157 e. The second-order valence-electron chi connectivity index (χ2n) is 5.18. The van der Waals surface area contributed by atoms with Crippen LogP contribution in [0.15, 0.2) is 0 Å². The molecule has 1 rings (SSSR count). The average Bonchev–Trinajstić information content (AvgIpc) is 2.41. The lowest BCUT2D eigenvalue weighted by atomic mass is 10.1. The van der Waals surface area contributed by atoms with Crippen LogP contribution in [0.25, 0.3) is 0 Å². The Labute approximate surface area is 123 Å². The number of aromatic nitrogens is 2. The van der Waals surface area contributed by atoms with E-state index in [1.807, 2.05) is 13.8 Å². The predicted octanol–water partition coefficient (Wildman–Crippen LogP) is 3.12. The van der Waals surface area contributed by atoms with E-state index in [1.165, 1.54) is 12.0 Å². The molecule has 1 heterocycles. The molecule has 0 aliphatic carbocycles. The van der Waals surface area contributed by atoms with Gasteiger partial charge in [0.25, 0.3) is 0 Å². The van der Waals surface area contributed by atoms with Gasteiger partial charge in [-0.25, -0.2) is 9.97 Å². The maximum atomic E-state index is 5.57. The molecule has 0 aromatic carbocycles. The molecule has 0 amide bonds. The van der Waals surface area contributed by atoms with Crippen molar-refractivity contribution in [1.82, 2.24) is 15.3 Å². The molecule has 0 aliphatic rings. The highest BCUT2D eigenvalue weighted by Gasteiger charge is 2.13. The first-order chi connectivity index (χ1) is 9.60. The average molecular weight is 279 g/mol. The van der Waals surface area contributed by atoms with Gasteiger partial charge in [0.1, 0.15) is 6.10 Å². The number of hydrogen-bond acceptors (Lipinski definition) is 4. The molecule has 114 valence electrons. The first-order valence-electron chi connectivity index (χ1n) is 7.76. The Morgan fingerprint density at radius 3 is 2.30 bits per heavy atom. The van der Waals surface area contributed by atoms with Crippen LogP contribution in [0.1, 0.15) is 62.5 Å². The molecule has 4 nitrogen and oxygen atoms in total. The summed E-state index contributed by atoms with van der Waals surface area (Å²) in [6.07, 6.45) is 3.33. The Morgan fingerprint density at radius 2 is 1.75 bits per heavy atom. The maximum Gasteiger partial charge on any atom is 0.157 e. The van der Waals surface area contributed by atoms with Crippen molar-refractivity contribution in [3.63, 3.8) is 0 Å². The summed E-state index contributed by atoms with van der Waals surface area (Å²) < 4.78 is 5.57. The van der Waals surface area contributed by atoms with E-state index in [-0.39, 0.29) is 6.10 Å². The highest BCUT2D eigenvalue weighted by atomic mass is 16.5. The molecule has 1 aromatic heterocycles. The van der Waals surface area contributed by atoms with Gasteiger partial charge >= 0.3 is 0 Å². The summed E-state index contributed by atoms with van der Waals surface area (Å²) in [4.78, 5) is 9.22. The number of ether oxygens (including phenoxy) is 1. The quantitative estimate of drug-likeness (QED) is 0.706. The van der Waals surface area contributed by atoms with Crippen LogP contribution in [-0.4, -0.2) is 29.7 Å². The van der Waals surface area contributed by atoms with Crippen LogP contribution in [-0.2, 0) is 11.2 Å². The molecule has 1 unspecified atom stereocenters. The monoisotopic (exact) mass is 279 g/mol. The van der Waals surface area contributed by atoms with Gasteiger partial charge in [-0.2, -0.15) is 0 Å². The van der Waals surface area contributed by atoms with Gasteiger partial charge in [-0.15, -0.1) is 0 Å². The molecule has 0 aliphatic heterocycles. The second kappa shape index (κ2) is 9.03. The fraction of sp³-hybridized carbons (Fsp3) is 0.750. The summed E-state index contributed by atoms with van der Waals surface area (Å²) >= 11 is 0. The maximum absolute atomic E-state index is 5.57. The Kier molecular flexibility index (Phi) is 7.70. The van der Waals surface area contributed by atoms with Crippen LogP contribution < -0.4 is 5.32 Å². The van der Waals surface area contributed by atoms with Crippen molar-refractivity contribution in [2.75, 3.05) is 19.7 Å². The van der Waals surface area contributed by atoms with Gasteiger partial charge in [0.05, 0.1) is 0 Å². The molecule has 1 atom stereocenters. The van der Waals surface area contributed by atoms with Gasteiger partial charge in [0, 0.05) is 18.0 Å². The molecular weight excluding hydrogens is 250 g/mol. The fourth-order valence-electron chi connectivity index (χ4n) is 2.33. The zero-order valence-corrected chi connectivity index (χ0v) is 13.6. The van der Waals surface area contributed by atoms with Crippen LogP contribution in [0.4, 0.5) is 0 Å². The van der Waals surface area contributed by atoms with E-state index in [4.69, 9.17) is 4.74 Å². The molecule has 0 saturated carbocycles. The summed E-state index contributed by atoms with van der Waals surface area (Å²) in [5, 5.41) is 3.43. The lowest BCUT2D eigenvalue weighted by molar-refractivity contribution is 0.0697. The van der Waals surface area contributed by atoms with Gasteiger partial charge in [-0.05, 0) is 65.6 Å². The zero-order valence-electron chi connectivity index (χ0n) is 13.6. The van der Waals surface area contributed by atoms with Crippen LogP contribution in [0.2, 0.25) is 0 Å². The number of nitrogens with one attached hydrogen (secondary N) is 1. The molecule has 0 saturated heterocycles. The van der Waals surface area contributed by atoms with Gasteiger partial charge in [-0.1, -0.05) is 6.92 Å². The van der Waals surface area contributed by atoms with Crippen LogP contribution in [0, 0.1) is 13.8 Å². The first kappa shape index (κ1) is 17.1. The molecule has 0 spiro atoms. The number of nitrogens with zero attached hydrogens (tertiary/aromatic N) is 2. The van der Waals surface area contributed by atoms with E-state index in [9.17, 15) is 0 Å². The van der Waals surface area contributed by atoms with Gasteiger partial charge in [0.2, 0.25) is 0 Å². The minimum Gasteiger partial charge on any atom is -0.371 e. The second-order valence-corrected chi connectivity index (χ2v) is 5.18. The van der Waals surface area contributed by atoms with E-state index in [1.54, 1.807) is 0 Å². The summed E-state index contributed by atoms with van der Waals surface area (Å²) in [6, 6.07) is 0. The van der Waals surface area contributed by atoms with Crippen LogP contribution in [0.3, 0.4) is 0 Å². The third-order valence-electron chi connectivity index (χ3n) is 3.43. The van der Waals surface area contributed by atoms with E-state index in [2.05, 4.69) is 36.1 Å². The van der Waals surface area contributed by atoms with Crippen LogP contribution in [0.5, 0.6) is 0 Å². The third-order valence-corrected chi connectivity index (χ3v) is 3.43. The number of rotatable bonds is 9. The minimum absolute atomic E-state index is 0.0299. The third kappa shape index (κ3) is 5.17. The van der Waals surface area contributed by atoms with Crippen molar-refractivity contribution in [3.8, 4) is 0 Å². The van der Waals surface area contributed by atoms with Crippen LogP contribution >= 0.6 is 0 Å². The summed E-state index contributed by atoms with van der Waals surface area (Å²) in [5.74, 6) is 0.801. The Bertz CT molecular complexity index is 384. The van der Waals surface area contributed by atoms with Crippen molar-refractivity contribution in [2.45, 2.75) is 60.0 Å². The van der Waals surface area contributed by atoms with Gasteiger partial charge in [-0.3, -0.25) is 0 Å². The van der Waals surface area contributed by atoms with Crippen molar-refractivity contribution in [3.05, 3.63) is 22.8 Å². The van der Waals surface area contributed by atoms with E-state index < -0.39 is 0 Å². The van der Waals surface area contributed by atoms with Gasteiger partial charge < -0.3 is 10.1 Å². The first-order valence-corrected chi connectivity index (χ1v) is 7.76. The molecule has 0 fully saturated rings. The topological polar surface area (TPSA) is 47.0 Å². The SMILES string of the molecule is CCCNCCCc1c(C)nc(C(C)OCC)nc1C. The summed E-state index contributed by atoms with van der Waals surface area (Å²) in [5.41, 5.74) is 3.47. The Morgan fingerprint density at radius 1 is 1.10 bits per heavy atom. The molecular formula is C16H29N3O. The van der Waals surface area contributed by atoms with E-state index in [0.29, 0.717) is 6.61 Å². The standard InChI is InChI=1S/C16H29N3O/c1-6-10-17-11-8-9-15-12(3)18-16(19-13(15)4)14(5)20-7-2/h14,17H,6-11H2,1-5H3. The van der Waals surface area contributed by atoms with Crippen molar-refractivity contribution < 1.29 is 4.74 Å². The largest absolute Gasteiger partial charge is 0.371 e. The predicted molar refractivity (Wildman–Crippen MR) is 83.0 cm³/mol. The molecule has 4 heteroatoms. The highest BCUT2D eigenvalue weighted by Crippen LogP contribution is 2.18. The van der Waals surface area contributed by atoms with Crippen molar-refractivity contribution in [1.29, 1.82) is 0 Å². The van der Waals surface area contributed by atoms with E-state index in [0.717, 1.165) is 43.1 Å². The number of aryl methyl sites for hydroxylation is 2. The molecule has 20 heavy (non-hydrogen) atoms. The minimum atomic E-state index is -0.0299. The molecule has 1 N–H and O–H groups in total. The zero-order chi connectivity index (χ0) is 15.0. The normalized spacial score (nSPS) is 12.7. The fourth-order valence-corrected chi connectivity index (χ4v) is 2.33. The molecule has 0 radical (unpaired) electrons. The molecule has 0 bridgehead atoms. The summed E-state index contributed by atoms with van der Waals surface area (Å²) in [7, 11) is 0. The Balaban J connectivity index is 2.64. The van der Waals surface area contributed by atoms with E-state index >= 15 is 0 Å². The van der Waals surface area contributed by atoms with Gasteiger partial charge in [0.15, 0.2) is 5.82 Å². The Hall–Kier alpha value is -1.00. The number of hydrogen-bond donors (Lipinski definition) is 1. The summed E-state index contributed by atoms with van der Waals surface area (Å²) in [6.45, 7) is 13.2.